The van der Waals surface area contributed by atoms with Crippen LogP contribution in [-0.4, -0.2) is 73.0 Å². The van der Waals surface area contributed by atoms with Gasteiger partial charge in [0.15, 0.2) is 0 Å². The van der Waals surface area contributed by atoms with Crippen molar-refractivity contribution in [3.63, 3.8) is 0 Å². The molecule has 0 aliphatic carbocycles. The lowest BCUT2D eigenvalue weighted by molar-refractivity contribution is -0.141. The highest BCUT2D eigenvalue weighted by atomic mass is 16.5. The summed E-state index contributed by atoms with van der Waals surface area (Å²) in [5.41, 5.74) is 5.26. The number of esters is 1. The Morgan fingerprint density at radius 3 is 2.85 bits per heavy atom. The van der Waals surface area contributed by atoms with Gasteiger partial charge in [-0.15, -0.1) is 5.10 Å². The molecule has 1 atom stereocenters. The number of carbonyl (C=O) groups is 1. The van der Waals surface area contributed by atoms with Crippen molar-refractivity contribution >= 4 is 29.0 Å². The Hall–Kier alpha value is -4.12. The van der Waals surface area contributed by atoms with Crippen LogP contribution < -0.4 is 9.47 Å². The van der Waals surface area contributed by atoms with E-state index in [4.69, 9.17) is 19.3 Å². The molecule has 0 radical (unpaired) electrons. The SMILES string of the molecule is CCN1Cc2c(c(OC(C)C)nn2CC(=O)OC)/C=C/c2[nH]nc3ccc(cc23)-c2cnn(C)c2O[C@@H](C)C1. The second-order valence-corrected chi connectivity index (χ2v) is 10.0. The highest BCUT2D eigenvalue weighted by Gasteiger charge is 2.24. The van der Waals surface area contributed by atoms with Crippen LogP contribution in [0, 0.1) is 0 Å². The molecule has 206 valence electrons. The van der Waals surface area contributed by atoms with Gasteiger partial charge in [-0.3, -0.25) is 19.5 Å². The second kappa shape index (κ2) is 10.9. The predicted octanol–water partition coefficient (Wildman–Crippen LogP) is 3.89. The predicted molar refractivity (Wildman–Crippen MR) is 148 cm³/mol. The summed E-state index contributed by atoms with van der Waals surface area (Å²) >= 11 is 0. The lowest BCUT2D eigenvalue weighted by Gasteiger charge is -2.25. The molecule has 1 N–H and O–H groups in total. The molecule has 0 saturated carbocycles. The van der Waals surface area contributed by atoms with E-state index in [1.807, 2.05) is 51.4 Å². The molecule has 2 bridgehead atoms. The topological polar surface area (TPSA) is 112 Å². The molecule has 0 unspecified atom stereocenters. The largest absolute Gasteiger partial charge is 0.473 e. The van der Waals surface area contributed by atoms with Crippen molar-refractivity contribution in [2.45, 2.75) is 53.0 Å². The zero-order chi connectivity index (χ0) is 27.7. The minimum absolute atomic E-state index is 0.0214. The van der Waals surface area contributed by atoms with Crippen LogP contribution in [0.25, 0.3) is 34.2 Å². The summed E-state index contributed by atoms with van der Waals surface area (Å²) in [7, 11) is 3.26. The summed E-state index contributed by atoms with van der Waals surface area (Å²) in [6.45, 7) is 9.98. The summed E-state index contributed by atoms with van der Waals surface area (Å²) in [4.78, 5) is 14.6. The van der Waals surface area contributed by atoms with E-state index in [1.165, 1.54) is 7.11 Å². The summed E-state index contributed by atoms with van der Waals surface area (Å²) < 4.78 is 21.0. The number of hydrogen-bond donors (Lipinski definition) is 1. The Morgan fingerprint density at radius 1 is 1.28 bits per heavy atom. The minimum Gasteiger partial charge on any atom is -0.473 e. The first kappa shape index (κ1) is 26.5. The number of hydrogen-bond acceptors (Lipinski definition) is 8. The fourth-order valence-electron chi connectivity index (χ4n) is 4.81. The van der Waals surface area contributed by atoms with Gasteiger partial charge in [0.25, 0.3) is 0 Å². The molecule has 1 aromatic carbocycles. The first-order valence-electron chi connectivity index (χ1n) is 13.2. The lowest BCUT2D eigenvalue weighted by atomic mass is 10.1. The average Bonchev–Trinajstić information content (AvgIpc) is 3.57. The van der Waals surface area contributed by atoms with Gasteiger partial charge in [-0.1, -0.05) is 13.0 Å². The number of ether oxygens (including phenoxy) is 3. The molecule has 5 rings (SSSR count). The molecular weight excluding hydrogens is 498 g/mol. The Bertz CT molecular complexity index is 1510. The number of nitrogens with zero attached hydrogens (tertiary/aromatic N) is 6. The van der Waals surface area contributed by atoms with Gasteiger partial charge < -0.3 is 14.2 Å². The van der Waals surface area contributed by atoms with Crippen molar-refractivity contribution in [1.29, 1.82) is 0 Å². The second-order valence-electron chi connectivity index (χ2n) is 10.0. The number of H-pyrrole nitrogens is 1. The van der Waals surface area contributed by atoms with Gasteiger partial charge >= 0.3 is 5.97 Å². The number of aromatic amines is 1. The van der Waals surface area contributed by atoms with Crippen LogP contribution in [0.3, 0.4) is 0 Å². The molecule has 1 aliphatic heterocycles. The van der Waals surface area contributed by atoms with Crippen LogP contribution in [0.5, 0.6) is 11.8 Å². The van der Waals surface area contributed by atoms with Crippen molar-refractivity contribution < 1.29 is 19.0 Å². The highest BCUT2D eigenvalue weighted by Crippen LogP contribution is 2.34. The molecule has 4 aromatic rings. The molecule has 4 heterocycles. The lowest BCUT2D eigenvalue weighted by Crippen LogP contribution is -2.35. The molecule has 3 aromatic heterocycles. The highest BCUT2D eigenvalue weighted by molar-refractivity contribution is 5.93. The van der Waals surface area contributed by atoms with Gasteiger partial charge in [-0.25, -0.2) is 4.68 Å². The number of carbonyl (C=O) groups excluding carboxylic acids is 1. The number of benzene rings is 1. The molecule has 0 spiro atoms. The van der Waals surface area contributed by atoms with Crippen LogP contribution >= 0.6 is 0 Å². The van der Waals surface area contributed by atoms with Crippen molar-refractivity contribution in [2.75, 3.05) is 20.2 Å². The third-order valence-electron chi connectivity index (χ3n) is 6.76. The number of aromatic nitrogens is 6. The van der Waals surface area contributed by atoms with Gasteiger partial charge in [-0.05, 0) is 57.2 Å². The van der Waals surface area contributed by atoms with Crippen molar-refractivity contribution in [2.24, 2.45) is 7.05 Å². The molecule has 0 fully saturated rings. The summed E-state index contributed by atoms with van der Waals surface area (Å²) in [5.74, 6) is 0.789. The van der Waals surface area contributed by atoms with E-state index in [0.29, 0.717) is 24.8 Å². The quantitative estimate of drug-likeness (QED) is 0.385. The van der Waals surface area contributed by atoms with Crippen LogP contribution in [0.1, 0.15) is 44.6 Å². The standard InChI is InChI=1S/C28H35N7O4/c1-7-34-14-18(4)39-28-22(13-29-33(28)5)19-8-10-23-21(12-19)24(31-30-23)11-9-20-25(15-34)35(16-26(36)37-6)32-27(20)38-17(2)3/h8-13,17-18H,7,14-16H2,1-6H3,(H,30,31)/b11-9+/t18-/m0/s1. The third kappa shape index (κ3) is 5.40. The fraction of sp³-hybridized carbons (Fsp3) is 0.429. The maximum Gasteiger partial charge on any atom is 0.327 e. The zero-order valence-electron chi connectivity index (χ0n) is 23.3. The van der Waals surface area contributed by atoms with E-state index >= 15 is 0 Å². The third-order valence-corrected chi connectivity index (χ3v) is 6.76. The maximum absolute atomic E-state index is 12.3. The van der Waals surface area contributed by atoms with Gasteiger partial charge in [-0.2, -0.15) is 10.2 Å². The molecule has 11 nitrogen and oxygen atoms in total. The van der Waals surface area contributed by atoms with E-state index in [-0.39, 0.29) is 24.7 Å². The van der Waals surface area contributed by atoms with E-state index < -0.39 is 0 Å². The van der Waals surface area contributed by atoms with E-state index in [9.17, 15) is 4.79 Å². The van der Waals surface area contributed by atoms with Gasteiger partial charge in [0.1, 0.15) is 12.6 Å². The first-order chi connectivity index (χ1) is 18.8. The maximum atomic E-state index is 12.3. The normalized spacial score (nSPS) is 16.8. The number of nitrogens with one attached hydrogen (secondary N) is 1. The first-order valence-corrected chi connectivity index (χ1v) is 13.2. The van der Waals surface area contributed by atoms with Crippen LogP contribution in [-0.2, 0) is 29.7 Å². The Balaban J connectivity index is 1.70. The monoisotopic (exact) mass is 533 g/mol. The number of likely N-dealkylation sites (N-methyl/N-ethyl adjacent to an activating group) is 1. The number of aryl methyl sites for hydroxylation is 1. The molecular formula is C28H35N7O4. The van der Waals surface area contributed by atoms with E-state index in [2.05, 4.69) is 40.1 Å². The smallest absolute Gasteiger partial charge is 0.327 e. The molecule has 11 heteroatoms. The molecule has 39 heavy (non-hydrogen) atoms. The summed E-state index contributed by atoms with van der Waals surface area (Å²) in [5, 5.41) is 17.8. The van der Waals surface area contributed by atoms with E-state index in [0.717, 1.165) is 45.5 Å². The van der Waals surface area contributed by atoms with Gasteiger partial charge in [0.05, 0.1) is 47.4 Å². The Kier molecular flexibility index (Phi) is 7.42. The Labute approximate surface area is 227 Å². The van der Waals surface area contributed by atoms with Crippen molar-refractivity contribution in [3.05, 3.63) is 41.3 Å². The van der Waals surface area contributed by atoms with Crippen molar-refractivity contribution in [1.82, 2.24) is 34.7 Å². The zero-order valence-corrected chi connectivity index (χ0v) is 23.3. The van der Waals surface area contributed by atoms with Crippen molar-refractivity contribution in [3.8, 4) is 22.9 Å². The summed E-state index contributed by atoms with van der Waals surface area (Å²) in [6, 6.07) is 6.12. The van der Waals surface area contributed by atoms with Crippen LogP contribution in [0.4, 0.5) is 0 Å². The summed E-state index contributed by atoms with van der Waals surface area (Å²) in [6.07, 6.45) is 5.56. The van der Waals surface area contributed by atoms with E-state index in [1.54, 1.807) is 9.36 Å². The van der Waals surface area contributed by atoms with Gasteiger partial charge in [0.2, 0.25) is 11.8 Å². The minimum atomic E-state index is -0.383. The number of fused-ring (bicyclic) bond motifs is 4. The fourth-order valence-corrected chi connectivity index (χ4v) is 4.81. The van der Waals surface area contributed by atoms with Crippen LogP contribution in [0.15, 0.2) is 24.4 Å². The number of rotatable bonds is 5. The molecule has 0 amide bonds. The van der Waals surface area contributed by atoms with Crippen LogP contribution in [0.2, 0.25) is 0 Å². The average molecular weight is 534 g/mol. The molecule has 0 saturated heterocycles. The molecule has 1 aliphatic rings. The van der Waals surface area contributed by atoms with Gasteiger partial charge in [0, 0.05) is 25.5 Å². The Morgan fingerprint density at radius 2 is 2.10 bits per heavy atom. The number of methoxy groups -OCH3 is 1.